The number of hydrogen-bond acceptors (Lipinski definition) is 2. The number of nitrogens with zero attached hydrogens (tertiary/aromatic N) is 1. The van der Waals surface area contributed by atoms with Gasteiger partial charge >= 0.3 is 0 Å². The Balaban J connectivity index is 2.56. The second-order valence-electron chi connectivity index (χ2n) is 6.20. The van der Waals surface area contributed by atoms with Gasteiger partial charge in [-0.2, -0.15) is 0 Å². The molecule has 0 amide bonds. The predicted molar refractivity (Wildman–Crippen MR) is 90.2 cm³/mol. The van der Waals surface area contributed by atoms with Crippen LogP contribution in [-0.4, -0.2) is 19.6 Å². The van der Waals surface area contributed by atoms with Crippen molar-refractivity contribution in [3.05, 3.63) is 30.3 Å². The summed E-state index contributed by atoms with van der Waals surface area (Å²) in [6, 6.07) is 10.8. The summed E-state index contributed by atoms with van der Waals surface area (Å²) in [5.74, 6) is 1.40. The Morgan fingerprint density at radius 3 is 2.35 bits per heavy atom. The first-order valence-corrected chi connectivity index (χ1v) is 8.17. The largest absolute Gasteiger partial charge is 0.372 e. The van der Waals surface area contributed by atoms with Crippen molar-refractivity contribution in [2.45, 2.75) is 46.5 Å². The number of benzene rings is 1. The van der Waals surface area contributed by atoms with E-state index in [-0.39, 0.29) is 0 Å². The lowest BCUT2D eigenvalue weighted by Gasteiger charge is -2.27. The van der Waals surface area contributed by atoms with Gasteiger partial charge in [0.15, 0.2) is 0 Å². The van der Waals surface area contributed by atoms with Gasteiger partial charge in [-0.1, -0.05) is 45.4 Å². The summed E-state index contributed by atoms with van der Waals surface area (Å²) in [4.78, 5) is 2.52. The van der Waals surface area contributed by atoms with Gasteiger partial charge in [-0.05, 0) is 49.8 Å². The number of rotatable bonds is 10. The monoisotopic (exact) mass is 276 g/mol. The van der Waals surface area contributed by atoms with Crippen molar-refractivity contribution in [1.82, 2.24) is 0 Å². The predicted octanol–water partition coefficient (Wildman–Crippen LogP) is 4.30. The van der Waals surface area contributed by atoms with Crippen LogP contribution in [0.1, 0.15) is 46.5 Å². The lowest BCUT2D eigenvalue weighted by molar-refractivity contribution is 0.394. The molecule has 1 rings (SSSR count). The molecule has 0 aliphatic carbocycles. The van der Waals surface area contributed by atoms with E-state index in [9.17, 15) is 0 Å². The van der Waals surface area contributed by atoms with Gasteiger partial charge in [-0.25, -0.2) is 0 Å². The number of nitrogens with two attached hydrogens (primary N) is 1. The number of unbranched alkanes of at least 4 members (excludes halogenated alkanes) is 1. The van der Waals surface area contributed by atoms with Crippen LogP contribution in [0.5, 0.6) is 0 Å². The van der Waals surface area contributed by atoms with Crippen LogP contribution in [0.15, 0.2) is 30.3 Å². The third kappa shape index (κ3) is 6.42. The molecule has 0 heterocycles. The zero-order chi connectivity index (χ0) is 14.8. The molecule has 0 aliphatic rings. The van der Waals surface area contributed by atoms with Gasteiger partial charge in [0, 0.05) is 18.8 Å². The number of hydrogen-bond donors (Lipinski definition) is 1. The van der Waals surface area contributed by atoms with E-state index in [0.29, 0.717) is 5.92 Å². The fourth-order valence-corrected chi connectivity index (χ4v) is 2.69. The zero-order valence-corrected chi connectivity index (χ0v) is 13.5. The van der Waals surface area contributed by atoms with Crippen molar-refractivity contribution >= 4 is 5.69 Å². The Bertz CT molecular complexity index is 335. The normalized spacial score (nSPS) is 12.7. The maximum absolute atomic E-state index is 5.93. The molecule has 2 nitrogen and oxygen atoms in total. The molecular weight excluding hydrogens is 244 g/mol. The minimum absolute atomic E-state index is 0.655. The molecule has 1 atom stereocenters. The van der Waals surface area contributed by atoms with Gasteiger partial charge < -0.3 is 10.6 Å². The molecule has 2 N–H and O–H groups in total. The molecule has 1 aromatic rings. The van der Waals surface area contributed by atoms with E-state index in [4.69, 9.17) is 5.73 Å². The molecule has 114 valence electrons. The minimum Gasteiger partial charge on any atom is -0.372 e. The summed E-state index contributed by atoms with van der Waals surface area (Å²) in [6.45, 7) is 9.92. The van der Waals surface area contributed by atoms with Crippen molar-refractivity contribution in [2.24, 2.45) is 17.6 Å². The summed E-state index contributed by atoms with van der Waals surface area (Å²) in [5, 5.41) is 0. The molecule has 0 aromatic heterocycles. The third-order valence-electron chi connectivity index (χ3n) is 3.85. The molecule has 0 spiro atoms. The molecule has 0 radical (unpaired) electrons. The van der Waals surface area contributed by atoms with E-state index in [1.54, 1.807) is 0 Å². The standard InChI is InChI=1S/C18H32N2/c1-4-5-12-20(18-9-7-6-8-10-18)13-11-17(15-19)14-16(2)3/h6-10,16-17H,4-5,11-15,19H2,1-3H3. The van der Waals surface area contributed by atoms with Crippen molar-refractivity contribution in [3.8, 4) is 0 Å². The summed E-state index contributed by atoms with van der Waals surface area (Å²) >= 11 is 0. The molecule has 20 heavy (non-hydrogen) atoms. The molecule has 0 aliphatic heterocycles. The van der Waals surface area contributed by atoms with E-state index >= 15 is 0 Å². The Morgan fingerprint density at radius 2 is 1.80 bits per heavy atom. The molecule has 1 aromatic carbocycles. The molecule has 1 unspecified atom stereocenters. The fraction of sp³-hybridized carbons (Fsp3) is 0.667. The molecule has 0 fully saturated rings. The van der Waals surface area contributed by atoms with Crippen LogP contribution in [0.3, 0.4) is 0 Å². The highest BCUT2D eigenvalue weighted by molar-refractivity contribution is 5.45. The van der Waals surface area contributed by atoms with Crippen LogP contribution in [0, 0.1) is 11.8 Å². The van der Waals surface area contributed by atoms with Crippen LogP contribution in [0.2, 0.25) is 0 Å². The molecule has 0 saturated heterocycles. The van der Waals surface area contributed by atoms with Gasteiger partial charge in [0.1, 0.15) is 0 Å². The van der Waals surface area contributed by atoms with E-state index in [2.05, 4.69) is 56.0 Å². The average molecular weight is 276 g/mol. The average Bonchev–Trinajstić information content (AvgIpc) is 2.46. The Hall–Kier alpha value is -1.02. The topological polar surface area (TPSA) is 29.3 Å². The highest BCUT2D eigenvalue weighted by Gasteiger charge is 2.12. The smallest absolute Gasteiger partial charge is 0.0366 e. The van der Waals surface area contributed by atoms with Gasteiger partial charge in [0.2, 0.25) is 0 Å². The second kappa shape index (κ2) is 9.82. The summed E-state index contributed by atoms with van der Waals surface area (Å²) < 4.78 is 0. The highest BCUT2D eigenvalue weighted by atomic mass is 15.1. The number of anilines is 1. The van der Waals surface area contributed by atoms with Crippen LogP contribution < -0.4 is 10.6 Å². The molecular formula is C18H32N2. The molecule has 2 heteroatoms. The third-order valence-corrected chi connectivity index (χ3v) is 3.85. The van der Waals surface area contributed by atoms with E-state index < -0.39 is 0 Å². The molecule has 0 saturated carbocycles. The Kier molecular flexibility index (Phi) is 8.36. The Morgan fingerprint density at radius 1 is 1.10 bits per heavy atom. The zero-order valence-electron chi connectivity index (χ0n) is 13.5. The SMILES string of the molecule is CCCCN(CCC(CN)CC(C)C)c1ccccc1. The lowest BCUT2D eigenvalue weighted by atomic mass is 9.94. The van der Waals surface area contributed by atoms with Gasteiger partial charge in [0.25, 0.3) is 0 Å². The maximum atomic E-state index is 5.93. The van der Waals surface area contributed by atoms with Crippen LogP contribution in [0.25, 0.3) is 0 Å². The van der Waals surface area contributed by atoms with Crippen molar-refractivity contribution in [1.29, 1.82) is 0 Å². The van der Waals surface area contributed by atoms with Crippen LogP contribution in [0.4, 0.5) is 5.69 Å². The van der Waals surface area contributed by atoms with Gasteiger partial charge in [-0.3, -0.25) is 0 Å². The summed E-state index contributed by atoms with van der Waals surface area (Å²) in [6.07, 6.45) is 4.95. The van der Waals surface area contributed by atoms with Crippen LogP contribution in [-0.2, 0) is 0 Å². The van der Waals surface area contributed by atoms with Crippen molar-refractivity contribution < 1.29 is 0 Å². The first-order valence-electron chi connectivity index (χ1n) is 8.17. The number of para-hydroxylation sites is 1. The van der Waals surface area contributed by atoms with Crippen molar-refractivity contribution in [2.75, 3.05) is 24.5 Å². The van der Waals surface area contributed by atoms with Gasteiger partial charge in [-0.15, -0.1) is 0 Å². The summed E-state index contributed by atoms with van der Waals surface area (Å²) in [7, 11) is 0. The van der Waals surface area contributed by atoms with E-state index in [0.717, 1.165) is 25.6 Å². The fourth-order valence-electron chi connectivity index (χ4n) is 2.69. The highest BCUT2D eigenvalue weighted by Crippen LogP contribution is 2.19. The maximum Gasteiger partial charge on any atom is 0.0366 e. The minimum atomic E-state index is 0.655. The first-order chi connectivity index (χ1) is 9.67. The second-order valence-corrected chi connectivity index (χ2v) is 6.20. The molecule has 0 bridgehead atoms. The van der Waals surface area contributed by atoms with E-state index in [1.807, 2.05) is 0 Å². The van der Waals surface area contributed by atoms with Crippen LogP contribution >= 0.6 is 0 Å². The first kappa shape index (κ1) is 17.0. The van der Waals surface area contributed by atoms with Gasteiger partial charge in [0.05, 0.1) is 0 Å². The van der Waals surface area contributed by atoms with Crippen molar-refractivity contribution in [3.63, 3.8) is 0 Å². The van der Waals surface area contributed by atoms with E-state index in [1.165, 1.54) is 31.4 Å². The quantitative estimate of drug-likeness (QED) is 0.690. The Labute approximate surface area is 125 Å². The summed E-state index contributed by atoms with van der Waals surface area (Å²) in [5.41, 5.74) is 7.28. The lowest BCUT2D eigenvalue weighted by Crippen LogP contribution is -2.29.